The Hall–Kier alpha value is -1.26. The Labute approximate surface area is 112 Å². The summed E-state index contributed by atoms with van der Waals surface area (Å²) in [6.07, 6.45) is 1.18. The minimum Gasteiger partial charge on any atom is -0.493 e. The number of hydrogen-bond acceptors (Lipinski definition) is 3. The monoisotopic (exact) mass is 271 g/mol. The molecular weight excluding hydrogens is 254 g/mol. The number of rotatable bonds is 7. The predicted octanol–water partition coefficient (Wildman–Crippen LogP) is 2.43. The average Bonchev–Trinajstić information content (AvgIpc) is 2.29. The first-order valence-corrected chi connectivity index (χ1v) is 6.27. The van der Waals surface area contributed by atoms with Crippen molar-refractivity contribution in [2.24, 2.45) is 5.73 Å². The van der Waals surface area contributed by atoms with Crippen LogP contribution in [0.1, 0.15) is 37.9 Å². The molecule has 5 heteroatoms. The number of amides is 1. The smallest absolute Gasteiger partial charge is 0.217 e. The molecule has 0 saturated carbocycles. The first-order valence-electron chi connectivity index (χ1n) is 5.89. The first kappa shape index (κ1) is 14.8. The van der Waals surface area contributed by atoms with Crippen molar-refractivity contribution in [3.8, 4) is 5.75 Å². The van der Waals surface area contributed by atoms with E-state index in [-0.39, 0.29) is 5.91 Å². The van der Waals surface area contributed by atoms with E-state index in [0.29, 0.717) is 35.8 Å². The van der Waals surface area contributed by atoms with Crippen molar-refractivity contribution in [2.45, 2.75) is 32.3 Å². The van der Waals surface area contributed by atoms with E-state index in [9.17, 15) is 9.90 Å². The molecule has 0 saturated heterocycles. The van der Waals surface area contributed by atoms with Crippen molar-refractivity contribution in [3.63, 3.8) is 0 Å². The molecule has 100 valence electrons. The van der Waals surface area contributed by atoms with Gasteiger partial charge in [-0.1, -0.05) is 11.6 Å². The summed E-state index contributed by atoms with van der Waals surface area (Å²) in [4.78, 5) is 10.5. The lowest BCUT2D eigenvalue weighted by Gasteiger charge is -2.13. The van der Waals surface area contributed by atoms with Gasteiger partial charge < -0.3 is 15.6 Å². The largest absolute Gasteiger partial charge is 0.493 e. The number of hydrogen-bond donors (Lipinski definition) is 2. The van der Waals surface area contributed by atoms with E-state index in [2.05, 4.69) is 0 Å². The first-order chi connectivity index (χ1) is 8.50. The van der Waals surface area contributed by atoms with Crippen LogP contribution in [0.15, 0.2) is 18.2 Å². The molecule has 1 rings (SSSR count). The Morgan fingerprint density at radius 1 is 1.50 bits per heavy atom. The molecule has 0 heterocycles. The molecule has 0 radical (unpaired) electrons. The number of ether oxygens (including phenoxy) is 1. The minimum atomic E-state index is -0.635. The van der Waals surface area contributed by atoms with Crippen molar-refractivity contribution in [3.05, 3.63) is 28.8 Å². The van der Waals surface area contributed by atoms with Crippen LogP contribution in [0.2, 0.25) is 5.02 Å². The molecule has 0 aliphatic carbocycles. The van der Waals surface area contributed by atoms with E-state index in [4.69, 9.17) is 22.1 Å². The molecule has 1 aromatic carbocycles. The Balaban J connectivity index is 2.49. The fourth-order valence-electron chi connectivity index (χ4n) is 1.56. The topological polar surface area (TPSA) is 72.6 Å². The van der Waals surface area contributed by atoms with Gasteiger partial charge in [-0.25, -0.2) is 0 Å². The molecule has 0 aromatic heterocycles. The summed E-state index contributed by atoms with van der Waals surface area (Å²) in [7, 11) is 0. The SMILES string of the molecule is CC(O)c1cc(Cl)ccc1OCCCCC(N)=O. The van der Waals surface area contributed by atoms with Gasteiger partial charge in [0.2, 0.25) is 5.91 Å². The summed E-state index contributed by atoms with van der Waals surface area (Å²) in [5.41, 5.74) is 5.70. The lowest BCUT2D eigenvalue weighted by molar-refractivity contribution is -0.118. The molecule has 18 heavy (non-hydrogen) atoms. The Kier molecular flexibility index (Phi) is 5.95. The summed E-state index contributed by atoms with van der Waals surface area (Å²) >= 11 is 5.86. The number of unbranched alkanes of at least 4 members (excludes halogenated alkanes) is 1. The van der Waals surface area contributed by atoms with Crippen LogP contribution in [0.3, 0.4) is 0 Å². The number of benzene rings is 1. The van der Waals surface area contributed by atoms with E-state index in [0.717, 1.165) is 6.42 Å². The van der Waals surface area contributed by atoms with Crippen LogP contribution >= 0.6 is 11.6 Å². The zero-order valence-electron chi connectivity index (χ0n) is 10.4. The molecular formula is C13H18ClNO3. The zero-order chi connectivity index (χ0) is 13.5. The van der Waals surface area contributed by atoms with Crippen molar-refractivity contribution in [2.75, 3.05) is 6.61 Å². The number of nitrogens with two attached hydrogens (primary N) is 1. The lowest BCUT2D eigenvalue weighted by Crippen LogP contribution is -2.10. The molecule has 1 unspecified atom stereocenters. The molecule has 1 atom stereocenters. The van der Waals surface area contributed by atoms with Gasteiger partial charge in [0, 0.05) is 17.0 Å². The maximum Gasteiger partial charge on any atom is 0.217 e. The summed E-state index contributed by atoms with van der Waals surface area (Å²) in [6.45, 7) is 2.14. The highest BCUT2D eigenvalue weighted by Crippen LogP contribution is 2.28. The second kappa shape index (κ2) is 7.24. The molecule has 1 aromatic rings. The predicted molar refractivity (Wildman–Crippen MR) is 70.6 cm³/mol. The Morgan fingerprint density at radius 2 is 2.22 bits per heavy atom. The number of carbonyl (C=O) groups is 1. The Morgan fingerprint density at radius 3 is 2.83 bits per heavy atom. The quantitative estimate of drug-likeness (QED) is 0.748. The number of aliphatic hydroxyl groups is 1. The molecule has 3 N–H and O–H groups in total. The van der Waals surface area contributed by atoms with Crippen LogP contribution in [-0.2, 0) is 4.79 Å². The normalized spacial score (nSPS) is 12.2. The van der Waals surface area contributed by atoms with Crippen molar-refractivity contribution >= 4 is 17.5 Å². The van der Waals surface area contributed by atoms with E-state index < -0.39 is 6.10 Å². The van der Waals surface area contributed by atoms with Gasteiger partial charge in [-0.2, -0.15) is 0 Å². The molecule has 0 spiro atoms. The van der Waals surface area contributed by atoms with Crippen LogP contribution in [0.5, 0.6) is 5.75 Å². The van der Waals surface area contributed by atoms with E-state index in [1.54, 1.807) is 25.1 Å². The van der Waals surface area contributed by atoms with E-state index >= 15 is 0 Å². The van der Waals surface area contributed by atoms with E-state index in [1.165, 1.54) is 0 Å². The summed E-state index contributed by atoms with van der Waals surface area (Å²) < 4.78 is 5.56. The van der Waals surface area contributed by atoms with Gasteiger partial charge in [0.15, 0.2) is 0 Å². The van der Waals surface area contributed by atoms with Gasteiger partial charge >= 0.3 is 0 Å². The number of halogens is 1. The van der Waals surface area contributed by atoms with Gasteiger partial charge in [0.25, 0.3) is 0 Å². The molecule has 1 amide bonds. The van der Waals surface area contributed by atoms with Crippen molar-refractivity contribution in [1.29, 1.82) is 0 Å². The van der Waals surface area contributed by atoms with Gasteiger partial charge in [-0.3, -0.25) is 4.79 Å². The molecule has 0 fully saturated rings. The number of aliphatic hydroxyl groups excluding tert-OH is 1. The second-order valence-corrected chi connectivity index (χ2v) is 4.57. The highest BCUT2D eigenvalue weighted by atomic mass is 35.5. The number of primary amides is 1. The minimum absolute atomic E-state index is 0.300. The maximum atomic E-state index is 10.5. The van der Waals surface area contributed by atoms with Crippen LogP contribution < -0.4 is 10.5 Å². The third kappa shape index (κ3) is 4.94. The fourth-order valence-corrected chi connectivity index (χ4v) is 1.74. The summed E-state index contributed by atoms with van der Waals surface area (Å²) in [6, 6.07) is 5.13. The summed E-state index contributed by atoms with van der Waals surface area (Å²) in [5, 5.41) is 10.2. The van der Waals surface area contributed by atoms with Crippen molar-refractivity contribution in [1.82, 2.24) is 0 Å². The van der Waals surface area contributed by atoms with Gasteiger partial charge in [-0.15, -0.1) is 0 Å². The van der Waals surface area contributed by atoms with Crippen LogP contribution in [0.4, 0.5) is 0 Å². The lowest BCUT2D eigenvalue weighted by atomic mass is 10.1. The second-order valence-electron chi connectivity index (χ2n) is 4.13. The molecule has 0 aliphatic rings. The third-order valence-electron chi connectivity index (χ3n) is 2.50. The van der Waals surface area contributed by atoms with Crippen LogP contribution in [-0.4, -0.2) is 17.6 Å². The fraction of sp³-hybridized carbons (Fsp3) is 0.462. The maximum absolute atomic E-state index is 10.5. The highest BCUT2D eigenvalue weighted by molar-refractivity contribution is 6.30. The van der Waals surface area contributed by atoms with Gasteiger partial charge in [0.05, 0.1) is 12.7 Å². The third-order valence-corrected chi connectivity index (χ3v) is 2.73. The van der Waals surface area contributed by atoms with Gasteiger partial charge in [0.1, 0.15) is 5.75 Å². The van der Waals surface area contributed by atoms with Crippen LogP contribution in [0, 0.1) is 0 Å². The average molecular weight is 272 g/mol. The number of carbonyl (C=O) groups excluding carboxylic acids is 1. The van der Waals surface area contributed by atoms with Crippen molar-refractivity contribution < 1.29 is 14.6 Å². The summed E-state index contributed by atoms with van der Waals surface area (Å²) in [5.74, 6) is 0.319. The highest BCUT2D eigenvalue weighted by Gasteiger charge is 2.09. The molecule has 0 aliphatic heterocycles. The van der Waals surface area contributed by atoms with Crippen LogP contribution in [0.25, 0.3) is 0 Å². The zero-order valence-corrected chi connectivity index (χ0v) is 11.1. The molecule has 4 nitrogen and oxygen atoms in total. The standard InChI is InChI=1S/C13H18ClNO3/c1-9(16)11-8-10(14)5-6-12(11)18-7-3-2-4-13(15)17/h5-6,8-9,16H,2-4,7H2,1H3,(H2,15,17). The van der Waals surface area contributed by atoms with Gasteiger partial charge in [-0.05, 0) is 38.0 Å². The van der Waals surface area contributed by atoms with E-state index in [1.807, 2.05) is 0 Å². The molecule has 0 bridgehead atoms. The Bertz CT molecular complexity index is 407.